The number of fused-ring (bicyclic) bond motifs is 1. The number of ether oxygens (including phenoxy) is 1. The molecule has 30 heteroatoms. The van der Waals surface area contributed by atoms with Crippen LogP contribution in [0, 0.1) is 11.3 Å². The van der Waals surface area contributed by atoms with E-state index in [9.17, 15) is 63.1 Å². The second-order valence-corrected chi connectivity index (χ2v) is 15.0. The molecule has 368 valence electrons. The lowest BCUT2D eigenvalue weighted by molar-refractivity contribution is -0.193. The number of aliphatic hydroxyl groups excluding tert-OH is 1. The number of carboxylic acids is 3. The molecule has 0 unspecified atom stereocenters. The standard InChI is InChI=1S/C31H35F3N10O2.3C2HF3O2/c32-31(33,34)29-40-21(15-42-11-1-2-23(42)16-45)12-26(41-29)46-24-5-3-22(4-6-24)43-17-30(18-43,8-9-35)44-14-20(13-39-44)27-25-7-10-36-28(25)38-19-37-27;3*3-2(4,5)1(6)7/h7,10,12-14,19,22-24,45H,1-6,8,11,15-18H2,(H,36,37,38);3*(H,6,7)/t22-,23-,24+;;;/m1.../s1. The summed E-state index contributed by atoms with van der Waals surface area (Å²) in [6, 6.07) is 5.97. The Balaban J connectivity index is 0.000000389. The Morgan fingerprint density at radius 2 is 1.45 bits per heavy atom. The fourth-order valence-corrected chi connectivity index (χ4v) is 7.22. The van der Waals surface area contributed by atoms with Crippen LogP contribution in [0.2, 0.25) is 0 Å². The quantitative estimate of drug-likeness (QED) is 0.124. The Hall–Kier alpha value is -6.35. The van der Waals surface area contributed by atoms with Gasteiger partial charge in [0.1, 0.15) is 23.6 Å². The predicted octanol–water partition coefficient (Wildman–Crippen LogP) is 5.80. The molecule has 67 heavy (non-hydrogen) atoms. The summed E-state index contributed by atoms with van der Waals surface area (Å²) in [7, 11) is 0. The van der Waals surface area contributed by atoms with Crippen LogP contribution >= 0.6 is 0 Å². The number of hydrogen-bond acceptors (Lipinski definition) is 13. The van der Waals surface area contributed by atoms with Crippen LogP contribution in [-0.2, 0) is 32.6 Å². The summed E-state index contributed by atoms with van der Waals surface area (Å²) >= 11 is 0. The maximum absolute atomic E-state index is 13.7. The van der Waals surface area contributed by atoms with Crippen LogP contribution < -0.4 is 4.74 Å². The molecule has 3 fully saturated rings. The number of nitriles is 1. The molecule has 2 aliphatic heterocycles. The minimum Gasteiger partial charge on any atom is -0.475 e. The average Bonchev–Trinajstić information content (AvgIpc) is 4.01. The van der Waals surface area contributed by atoms with Crippen molar-refractivity contribution in [1.29, 1.82) is 5.26 Å². The van der Waals surface area contributed by atoms with Gasteiger partial charge in [-0.2, -0.15) is 68.0 Å². The van der Waals surface area contributed by atoms with Gasteiger partial charge in [0.2, 0.25) is 11.7 Å². The van der Waals surface area contributed by atoms with E-state index in [0.29, 0.717) is 38.9 Å². The number of H-pyrrole nitrogens is 1. The molecule has 0 radical (unpaired) electrons. The van der Waals surface area contributed by atoms with Crippen LogP contribution in [0.1, 0.15) is 56.5 Å². The van der Waals surface area contributed by atoms with Crippen molar-refractivity contribution in [2.24, 2.45) is 0 Å². The van der Waals surface area contributed by atoms with Crippen molar-refractivity contribution in [3.8, 4) is 23.2 Å². The molecule has 6 heterocycles. The summed E-state index contributed by atoms with van der Waals surface area (Å²) in [5.41, 5.74) is 2.18. The summed E-state index contributed by atoms with van der Waals surface area (Å²) in [6.07, 6.45) is -8.13. The molecule has 1 atom stereocenters. The van der Waals surface area contributed by atoms with E-state index in [-0.39, 0.29) is 42.9 Å². The van der Waals surface area contributed by atoms with Crippen LogP contribution in [0.4, 0.5) is 52.7 Å². The van der Waals surface area contributed by atoms with Gasteiger partial charge in [-0.1, -0.05) is 0 Å². The lowest BCUT2D eigenvalue weighted by atomic mass is 9.82. The van der Waals surface area contributed by atoms with Gasteiger partial charge in [0, 0.05) is 61.1 Å². The number of halogens is 12. The van der Waals surface area contributed by atoms with Crippen molar-refractivity contribution >= 4 is 28.9 Å². The molecule has 7 rings (SSSR count). The van der Waals surface area contributed by atoms with Gasteiger partial charge >= 0.3 is 42.6 Å². The molecule has 0 aromatic carbocycles. The Morgan fingerprint density at radius 3 is 1.97 bits per heavy atom. The zero-order valence-electron chi connectivity index (χ0n) is 34.2. The molecule has 0 bridgehead atoms. The van der Waals surface area contributed by atoms with Crippen molar-refractivity contribution in [2.75, 3.05) is 26.2 Å². The molecule has 0 amide bonds. The number of aromatic nitrogens is 7. The van der Waals surface area contributed by atoms with Crippen LogP contribution in [0.5, 0.6) is 5.88 Å². The summed E-state index contributed by atoms with van der Waals surface area (Å²) in [5.74, 6) is -9.54. The van der Waals surface area contributed by atoms with E-state index >= 15 is 0 Å². The lowest BCUT2D eigenvalue weighted by Gasteiger charge is -2.53. The van der Waals surface area contributed by atoms with Gasteiger partial charge in [0.15, 0.2) is 0 Å². The molecule has 3 aliphatic rings. The number of carbonyl (C=O) groups is 3. The number of alkyl halides is 12. The molecule has 0 spiro atoms. The molecule has 2 saturated heterocycles. The van der Waals surface area contributed by atoms with Gasteiger partial charge in [0.25, 0.3) is 0 Å². The van der Waals surface area contributed by atoms with E-state index in [0.717, 1.165) is 48.0 Å². The molecular formula is C37H38F12N10O8. The molecule has 5 N–H and O–H groups in total. The molecule has 4 aromatic rings. The molecular weight excluding hydrogens is 940 g/mol. The fraction of sp³-hybridized carbons (Fsp3) is 0.541. The van der Waals surface area contributed by atoms with Crippen molar-refractivity contribution < 1.29 is 92.2 Å². The number of aliphatic carboxylic acids is 3. The minimum absolute atomic E-state index is 0.0398. The Labute approximate surface area is 368 Å². The summed E-state index contributed by atoms with van der Waals surface area (Å²) in [5, 5.41) is 46.2. The normalized spacial score (nSPS) is 19.9. The maximum atomic E-state index is 13.7. The van der Waals surface area contributed by atoms with E-state index in [1.54, 1.807) is 6.20 Å². The molecule has 1 saturated carbocycles. The van der Waals surface area contributed by atoms with E-state index in [2.05, 4.69) is 41.0 Å². The Kier molecular flexibility index (Phi) is 17.1. The van der Waals surface area contributed by atoms with Gasteiger partial charge < -0.3 is 30.1 Å². The van der Waals surface area contributed by atoms with Crippen LogP contribution in [0.3, 0.4) is 0 Å². The second kappa shape index (κ2) is 21.5. The van der Waals surface area contributed by atoms with Crippen molar-refractivity contribution in [1.82, 2.24) is 44.5 Å². The van der Waals surface area contributed by atoms with E-state index in [1.807, 2.05) is 28.0 Å². The third-order valence-electron chi connectivity index (χ3n) is 10.4. The van der Waals surface area contributed by atoms with Crippen LogP contribution in [0.25, 0.3) is 22.3 Å². The zero-order valence-corrected chi connectivity index (χ0v) is 34.2. The second-order valence-electron chi connectivity index (χ2n) is 15.0. The van der Waals surface area contributed by atoms with Crippen molar-refractivity contribution in [2.45, 2.75) is 99.9 Å². The third kappa shape index (κ3) is 14.6. The van der Waals surface area contributed by atoms with Crippen LogP contribution in [0.15, 0.2) is 37.1 Å². The van der Waals surface area contributed by atoms with Gasteiger partial charge in [-0.15, -0.1) is 0 Å². The highest BCUT2D eigenvalue weighted by Gasteiger charge is 2.48. The number of hydrogen-bond donors (Lipinski definition) is 5. The lowest BCUT2D eigenvalue weighted by Crippen LogP contribution is -2.65. The average molecular weight is 979 g/mol. The van der Waals surface area contributed by atoms with Gasteiger partial charge in [-0.05, 0) is 51.1 Å². The first-order valence-electron chi connectivity index (χ1n) is 19.4. The first-order chi connectivity index (χ1) is 31.1. The smallest absolute Gasteiger partial charge is 0.475 e. The number of nitrogens with zero attached hydrogens (tertiary/aromatic N) is 9. The molecule has 18 nitrogen and oxygen atoms in total. The SMILES string of the molecule is N#CCC1(n2cc(-c3ncnc4[nH]ccc34)cn2)CN([C@H]2CC[C@@H](Oc3cc(CN4CCC[C@@H]4CO)nc(C(F)(F)F)n3)CC2)C1.O=C(O)C(F)(F)F.O=C(O)C(F)(F)F.O=C(O)C(F)(F)F. The largest absolute Gasteiger partial charge is 0.490 e. The summed E-state index contributed by atoms with van der Waals surface area (Å²) < 4.78 is 144. The number of nitrogens with one attached hydrogen (secondary N) is 1. The molecule has 4 aromatic heterocycles. The Bertz CT molecular complexity index is 2290. The van der Waals surface area contributed by atoms with Gasteiger partial charge in [-0.3, -0.25) is 14.5 Å². The van der Waals surface area contributed by atoms with E-state index < -0.39 is 54.0 Å². The van der Waals surface area contributed by atoms with Gasteiger partial charge in [-0.25, -0.2) is 29.3 Å². The minimum atomic E-state index is -5.08. The highest BCUT2D eigenvalue weighted by atomic mass is 19.4. The molecule has 1 aliphatic carbocycles. The summed E-state index contributed by atoms with van der Waals surface area (Å²) in [4.78, 5) is 50.3. The zero-order chi connectivity index (χ0) is 50.1. The summed E-state index contributed by atoms with van der Waals surface area (Å²) in [6.45, 7) is 2.21. The Morgan fingerprint density at radius 1 is 0.866 bits per heavy atom. The van der Waals surface area contributed by atoms with Crippen molar-refractivity contribution in [3.63, 3.8) is 0 Å². The highest BCUT2D eigenvalue weighted by molar-refractivity contribution is 5.90. The monoisotopic (exact) mass is 978 g/mol. The number of carboxylic acid groups (broad SMARTS) is 3. The number of rotatable bonds is 9. The first kappa shape index (κ1) is 53.3. The predicted molar refractivity (Wildman–Crippen MR) is 200 cm³/mol. The fourth-order valence-electron chi connectivity index (χ4n) is 7.22. The van der Waals surface area contributed by atoms with Crippen molar-refractivity contribution in [3.05, 3.63) is 48.6 Å². The van der Waals surface area contributed by atoms with E-state index in [1.165, 1.54) is 12.4 Å². The maximum Gasteiger partial charge on any atom is 0.490 e. The number of likely N-dealkylation sites (tertiary alicyclic amines) is 2. The van der Waals surface area contributed by atoms with Crippen LogP contribution in [-0.4, -0.2) is 146 Å². The van der Waals surface area contributed by atoms with Gasteiger partial charge in [0.05, 0.1) is 36.7 Å². The third-order valence-corrected chi connectivity index (χ3v) is 10.4. The number of aliphatic hydroxyl groups is 1. The number of aromatic amines is 1. The topological polar surface area (TPSA) is 257 Å². The first-order valence-corrected chi connectivity index (χ1v) is 19.4. The highest BCUT2D eigenvalue weighted by Crippen LogP contribution is 2.39. The van der Waals surface area contributed by atoms with E-state index in [4.69, 9.17) is 34.4 Å².